The van der Waals surface area contributed by atoms with E-state index >= 15 is 0 Å². The van der Waals surface area contributed by atoms with E-state index in [0.717, 1.165) is 0 Å². The minimum absolute atomic E-state index is 1.75. The maximum absolute atomic E-state index is 3.78. The zero-order chi connectivity index (χ0) is 24.7. The van der Waals surface area contributed by atoms with Gasteiger partial charge in [0, 0.05) is 37.2 Å². The molecule has 7 heteroatoms. The zero-order valence-electron chi connectivity index (χ0n) is 19.5. The molecule has 0 N–H and O–H groups in total. The number of rotatable bonds is 0. The molecule has 30 heavy (non-hydrogen) atoms. The number of alkyl halides is 4. The first-order valence-electron chi connectivity index (χ1n) is 9.06. The molecular weight excluding hydrogens is 638 g/mol. The summed E-state index contributed by atoms with van der Waals surface area (Å²) in [6, 6.07) is 17.1. The largest absolute Gasteiger partial charge is 0.265 e. The fourth-order valence-electron chi connectivity index (χ4n) is 0.938. The summed E-state index contributed by atoms with van der Waals surface area (Å²) in [5.41, 5.74) is 0. The predicted octanol–water partition coefficient (Wildman–Crippen LogP) is 9.34. The Balaban J connectivity index is -0.0000000579. The molecule has 0 aliphatic heterocycles. The van der Waals surface area contributed by atoms with Crippen molar-refractivity contribution in [2.75, 3.05) is 23.3 Å². The summed E-state index contributed by atoms with van der Waals surface area (Å²) in [6.07, 6.45) is 10.5. The summed E-state index contributed by atoms with van der Waals surface area (Å²) in [5.74, 6) is 7.25. The first-order valence-corrected chi connectivity index (χ1v) is 15.4. The van der Waals surface area contributed by atoms with Gasteiger partial charge in [-0.15, -0.1) is 0 Å². The molecule has 3 heterocycles. The van der Waals surface area contributed by atoms with Gasteiger partial charge in [-0.1, -0.05) is 110 Å². The summed E-state index contributed by atoms with van der Waals surface area (Å²) < 4.78 is 0. The summed E-state index contributed by atoms with van der Waals surface area (Å²) in [5, 5.41) is 0. The van der Waals surface area contributed by atoms with Crippen molar-refractivity contribution in [3.05, 3.63) is 91.8 Å². The van der Waals surface area contributed by atoms with Crippen LogP contribution in [-0.4, -0.2) is 38.3 Å². The zero-order valence-corrected chi connectivity index (χ0v) is 25.9. The van der Waals surface area contributed by atoms with E-state index in [1.54, 1.807) is 37.2 Å². The molecule has 3 nitrogen and oxygen atoms in total. The molecule has 0 bridgehead atoms. The molecule has 0 atom stereocenters. The number of hydrogen-bond donors (Lipinski definition) is 0. The molecule has 0 radical (unpaired) electrons. The second-order valence-corrected chi connectivity index (χ2v) is 3.07. The van der Waals surface area contributed by atoms with Crippen molar-refractivity contribution >= 4 is 63.7 Å². The van der Waals surface area contributed by atoms with Gasteiger partial charge in [-0.25, -0.2) is 0 Å². The molecular formula is C23H39Br4N3. The third kappa shape index (κ3) is 63.1. The average molecular weight is 677 g/mol. The number of nitrogens with zero attached hydrogens (tertiary/aromatic N) is 3. The molecule has 3 aromatic rings. The van der Waals surface area contributed by atoms with E-state index in [0.29, 0.717) is 0 Å². The van der Waals surface area contributed by atoms with Gasteiger partial charge in [-0.2, -0.15) is 0 Å². The molecule has 0 fully saturated rings. The minimum Gasteiger partial charge on any atom is -0.265 e. The average Bonchev–Trinajstić information content (AvgIpc) is 2.95. The number of halogens is 4. The van der Waals surface area contributed by atoms with E-state index in [2.05, 4.69) is 78.7 Å². The van der Waals surface area contributed by atoms with Crippen LogP contribution in [0.25, 0.3) is 0 Å². The van der Waals surface area contributed by atoms with Crippen molar-refractivity contribution in [3.8, 4) is 0 Å². The van der Waals surface area contributed by atoms with E-state index in [1.165, 1.54) is 0 Å². The van der Waals surface area contributed by atoms with Crippen LogP contribution in [0.2, 0.25) is 0 Å². The number of aromatic nitrogens is 3. The van der Waals surface area contributed by atoms with E-state index in [-0.39, 0.29) is 0 Å². The fourth-order valence-corrected chi connectivity index (χ4v) is 0.938. The molecule has 3 rings (SSSR count). The molecule has 0 aromatic carbocycles. The van der Waals surface area contributed by atoms with Crippen LogP contribution in [0.3, 0.4) is 0 Å². The molecule has 174 valence electrons. The summed E-state index contributed by atoms with van der Waals surface area (Å²) in [4.78, 5) is 11.4. The lowest BCUT2D eigenvalue weighted by Gasteiger charge is -1.70. The Hall–Kier alpha value is -0.630. The molecule has 3 aromatic heterocycles. The monoisotopic (exact) mass is 673 g/mol. The van der Waals surface area contributed by atoms with Crippen molar-refractivity contribution in [1.82, 2.24) is 15.0 Å². The van der Waals surface area contributed by atoms with Crippen molar-refractivity contribution in [2.24, 2.45) is 0 Å². The maximum atomic E-state index is 3.78. The summed E-state index contributed by atoms with van der Waals surface area (Å²) >= 11 is 11.8. The van der Waals surface area contributed by atoms with Crippen LogP contribution in [0.5, 0.6) is 0 Å². The smallest absolute Gasteiger partial charge is 0.0267 e. The van der Waals surface area contributed by atoms with E-state index in [9.17, 15) is 0 Å². The lowest BCUT2D eigenvalue weighted by molar-refractivity contribution is 1.33. The standard InChI is InChI=1S/3C5H5N.2C2H6.4CH3Br/c3*1-2-4-6-5-3-1;6*1-2/h3*1-5H;2*1-2H3;4*1H3. The summed E-state index contributed by atoms with van der Waals surface area (Å²) in [7, 11) is 0. The van der Waals surface area contributed by atoms with Crippen LogP contribution in [-0.2, 0) is 0 Å². The maximum Gasteiger partial charge on any atom is 0.0267 e. The quantitative estimate of drug-likeness (QED) is 0.223. The Morgan fingerprint density at radius 2 is 0.433 bits per heavy atom. The highest BCUT2D eigenvalue weighted by molar-refractivity contribution is 9.09. The van der Waals surface area contributed by atoms with Crippen molar-refractivity contribution in [1.29, 1.82) is 0 Å². The van der Waals surface area contributed by atoms with Crippen molar-refractivity contribution in [3.63, 3.8) is 0 Å². The number of pyridine rings is 3. The van der Waals surface area contributed by atoms with Gasteiger partial charge in [0.25, 0.3) is 0 Å². The Labute approximate surface area is 220 Å². The Morgan fingerprint density at radius 3 is 0.467 bits per heavy atom. The normalized spacial score (nSPS) is 6.00. The molecule has 0 amide bonds. The molecule has 0 saturated carbocycles. The lowest BCUT2D eigenvalue weighted by atomic mass is 10.5. The van der Waals surface area contributed by atoms with Gasteiger partial charge < -0.3 is 0 Å². The van der Waals surface area contributed by atoms with Crippen LogP contribution >= 0.6 is 63.7 Å². The highest BCUT2D eigenvalue weighted by Crippen LogP contribution is 1.74. The number of hydrogen-bond acceptors (Lipinski definition) is 3. The minimum atomic E-state index is 1.75. The van der Waals surface area contributed by atoms with Crippen LogP contribution in [0.4, 0.5) is 0 Å². The predicted molar refractivity (Wildman–Crippen MR) is 155 cm³/mol. The molecule has 0 aliphatic rings. The third-order valence-corrected chi connectivity index (χ3v) is 1.70. The Morgan fingerprint density at radius 1 is 0.300 bits per heavy atom. The van der Waals surface area contributed by atoms with E-state index in [4.69, 9.17) is 0 Å². The van der Waals surface area contributed by atoms with Crippen molar-refractivity contribution < 1.29 is 0 Å². The third-order valence-electron chi connectivity index (χ3n) is 1.70. The highest BCUT2D eigenvalue weighted by atomic mass is 79.9. The van der Waals surface area contributed by atoms with Gasteiger partial charge in [0.1, 0.15) is 0 Å². The van der Waals surface area contributed by atoms with E-state index in [1.807, 2.05) is 106 Å². The fraction of sp³-hybridized carbons (Fsp3) is 0.348. The van der Waals surface area contributed by atoms with Crippen LogP contribution in [0, 0.1) is 0 Å². The second-order valence-electron chi connectivity index (χ2n) is 3.07. The molecule has 0 spiro atoms. The Kier molecular flexibility index (Phi) is 102. The highest BCUT2D eigenvalue weighted by Gasteiger charge is 1.59. The van der Waals surface area contributed by atoms with Crippen LogP contribution in [0.15, 0.2) is 91.8 Å². The lowest BCUT2D eigenvalue weighted by Crippen LogP contribution is -1.58. The first-order chi connectivity index (χ1) is 15.0. The van der Waals surface area contributed by atoms with Gasteiger partial charge in [-0.05, 0) is 59.7 Å². The van der Waals surface area contributed by atoms with Gasteiger partial charge in [0.15, 0.2) is 0 Å². The topological polar surface area (TPSA) is 38.7 Å². The molecule has 0 saturated heterocycles. The van der Waals surface area contributed by atoms with Gasteiger partial charge in [0.05, 0.1) is 0 Å². The second kappa shape index (κ2) is 70.4. The van der Waals surface area contributed by atoms with Gasteiger partial charge >= 0.3 is 0 Å². The van der Waals surface area contributed by atoms with Crippen molar-refractivity contribution in [2.45, 2.75) is 27.7 Å². The molecule has 0 aliphatic carbocycles. The molecule has 0 unspecified atom stereocenters. The van der Waals surface area contributed by atoms with Crippen LogP contribution in [0.1, 0.15) is 27.7 Å². The SMILES string of the molecule is CBr.CBr.CBr.CBr.CC.CC.c1ccncc1.c1ccncc1.c1ccncc1. The Bertz CT molecular complexity index is 321. The summed E-state index contributed by atoms with van der Waals surface area (Å²) in [6.45, 7) is 8.00. The first kappa shape index (κ1) is 43.3. The van der Waals surface area contributed by atoms with Gasteiger partial charge in [-0.3, -0.25) is 15.0 Å². The van der Waals surface area contributed by atoms with Crippen LogP contribution < -0.4 is 0 Å². The van der Waals surface area contributed by atoms with Gasteiger partial charge in [0.2, 0.25) is 0 Å². The van der Waals surface area contributed by atoms with E-state index < -0.39 is 0 Å².